The SMILES string of the molecule is COC(=O)C(C)(C)COc1cccc(Cl)c1. The Morgan fingerprint density at radius 2 is 2.12 bits per heavy atom. The molecule has 0 aromatic heterocycles. The van der Waals surface area contributed by atoms with Gasteiger partial charge in [0.2, 0.25) is 0 Å². The lowest BCUT2D eigenvalue weighted by Crippen LogP contribution is -2.32. The summed E-state index contributed by atoms with van der Waals surface area (Å²) in [5.74, 6) is 0.346. The minimum Gasteiger partial charge on any atom is -0.492 e. The molecule has 0 atom stereocenters. The van der Waals surface area contributed by atoms with Crippen molar-refractivity contribution in [3.63, 3.8) is 0 Å². The van der Waals surface area contributed by atoms with Crippen LogP contribution < -0.4 is 4.74 Å². The maximum atomic E-state index is 11.4. The fourth-order valence-electron chi connectivity index (χ4n) is 1.16. The van der Waals surface area contributed by atoms with Crippen LogP contribution in [0.3, 0.4) is 0 Å². The Morgan fingerprint density at radius 1 is 1.44 bits per heavy atom. The highest BCUT2D eigenvalue weighted by Gasteiger charge is 2.29. The first-order chi connectivity index (χ1) is 7.45. The van der Waals surface area contributed by atoms with Gasteiger partial charge in [-0.1, -0.05) is 17.7 Å². The van der Waals surface area contributed by atoms with Gasteiger partial charge in [0.1, 0.15) is 12.4 Å². The van der Waals surface area contributed by atoms with Crippen LogP contribution >= 0.6 is 11.6 Å². The smallest absolute Gasteiger partial charge is 0.314 e. The number of hydrogen-bond acceptors (Lipinski definition) is 3. The Kier molecular flexibility index (Phi) is 4.19. The zero-order valence-corrected chi connectivity index (χ0v) is 10.4. The van der Waals surface area contributed by atoms with Crippen LogP contribution in [0.4, 0.5) is 0 Å². The minimum absolute atomic E-state index is 0.250. The number of halogens is 1. The number of hydrogen-bond donors (Lipinski definition) is 0. The van der Waals surface area contributed by atoms with Gasteiger partial charge in [-0.15, -0.1) is 0 Å². The first-order valence-electron chi connectivity index (χ1n) is 4.92. The average molecular weight is 243 g/mol. The highest BCUT2D eigenvalue weighted by molar-refractivity contribution is 6.30. The molecule has 88 valence electrons. The molecule has 4 heteroatoms. The molecule has 0 aliphatic rings. The Bertz CT molecular complexity index is 374. The van der Waals surface area contributed by atoms with E-state index in [9.17, 15) is 4.79 Å². The van der Waals surface area contributed by atoms with Gasteiger partial charge >= 0.3 is 5.97 Å². The van der Waals surface area contributed by atoms with Crippen LogP contribution in [0.5, 0.6) is 5.75 Å². The third kappa shape index (κ3) is 3.42. The van der Waals surface area contributed by atoms with E-state index in [1.54, 1.807) is 38.1 Å². The maximum Gasteiger partial charge on any atom is 0.314 e. The highest BCUT2D eigenvalue weighted by atomic mass is 35.5. The number of carbonyl (C=O) groups excluding carboxylic acids is 1. The lowest BCUT2D eigenvalue weighted by atomic mass is 9.95. The van der Waals surface area contributed by atoms with Gasteiger partial charge in [0.25, 0.3) is 0 Å². The summed E-state index contributed by atoms with van der Waals surface area (Å²) in [5, 5.41) is 0.605. The van der Waals surface area contributed by atoms with E-state index < -0.39 is 5.41 Å². The van der Waals surface area contributed by atoms with E-state index in [-0.39, 0.29) is 12.6 Å². The molecule has 16 heavy (non-hydrogen) atoms. The predicted molar refractivity (Wildman–Crippen MR) is 62.7 cm³/mol. The molecule has 0 fully saturated rings. The van der Waals surface area contributed by atoms with Crippen LogP contribution in [0.25, 0.3) is 0 Å². The summed E-state index contributed by atoms with van der Waals surface area (Å²) in [5.41, 5.74) is -0.670. The van der Waals surface area contributed by atoms with Crippen LogP contribution in [0.2, 0.25) is 5.02 Å². The number of rotatable bonds is 4. The normalized spacial score (nSPS) is 11.0. The molecule has 3 nitrogen and oxygen atoms in total. The molecule has 0 saturated heterocycles. The van der Waals surface area contributed by atoms with Gasteiger partial charge in [0.15, 0.2) is 0 Å². The summed E-state index contributed by atoms with van der Waals surface area (Å²) in [6.45, 7) is 3.78. The van der Waals surface area contributed by atoms with Gasteiger partial charge in [-0.3, -0.25) is 4.79 Å². The summed E-state index contributed by atoms with van der Waals surface area (Å²) in [6.07, 6.45) is 0. The summed E-state index contributed by atoms with van der Waals surface area (Å²) < 4.78 is 10.2. The van der Waals surface area contributed by atoms with E-state index in [1.165, 1.54) is 7.11 Å². The molecule has 0 unspecified atom stereocenters. The summed E-state index contributed by atoms with van der Waals surface area (Å²) in [7, 11) is 1.36. The summed E-state index contributed by atoms with van der Waals surface area (Å²) in [6, 6.07) is 7.05. The van der Waals surface area contributed by atoms with Crippen molar-refractivity contribution in [2.45, 2.75) is 13.8 Å². The van der Waals surface area contributed by atoms with Crippen molar-refractivity contribution in [1.82, 2.24) is 0 Å². The molecular formula is C12H15ClO3. The molecule has 1 aromatic rings. The van der Waals surface area contributed by atoms with Crippen LogP contribution in [0.1, 0.15) is 13.8 Å². The topological polar surface area (TPSA) is 35.5 Å². The van der Waals surface area contributed by atoms with Gasteiger partial charge in [0.05, 0.1) is 12.5 Å². The highest BCUT2D eigenvalue weighted by Crippen LogP contribution is 2.22. The molecule has 1 rings (SSSR count). The molecule has 0 aliphatic heterocycles. The molecule has 0 N–H and O–H groups in total. The Labute approximate surface area is 100 Å². The van der Waals surface area contributed by atoms with Gasteiger partial charge in [0, 0.05) is 5.02 Å². The predicted octanol–water partition coefficient (Wildman–Crippen LogP) is 2.92. The van der Waals surface area contributed by atoms with E-state index in [4.69, 9.17) is 16.3 Å². The zero-order chi connectivity index (χ0) is 12.2. The van der Waals surface area contributed by atoms with Crippen molar-refractivity contribution >= 4 is 17.6 Å². The van der Waals surface area contributed by atoms with Crippen LogP contribution in [0.15, 0.2) is 24.3 Å². The number of esters is 1. The third-order valence-corrected chi connectivity index (χ3v) is 2.37. The fraction of sp³-hybridized carbons (Fsp3) is 0.417. The Balaban J connectivity index is 2.61. The van der Waals surface area contributed by atoms with Gasteiger partial charge in [-0.05, 0) is 32.0 Å². The van der Waals surface area contributed by atoms with Crippen molar-refractivity contribution in [3.05, 3.63) is 29.3 Å². The fourth-order valence-corrected chi connectivity index (χ4v) is 1.34. The molecule has 0 amide bonds. The molecular weight excluding hydrogens is 228 g/mol. The van der Waals surface area contributed by atoms with Crippen LogP contribution in [-0.2, 0) is 9.53 Å². The quantitative estimate of drug-likeness (QED) is 0.762. The van der Waals surface area contributed by atoms with E-state index >= 15 is 0 Å². The second kappa shape index (κ2) is 5.21. The lowest BCUT2D eigenvalue weighted by molar-refractivity contribution is -0.152. The molecule has 0 aliphatic carbocycles. The van der Waals surface area contributed by atoms with Gasteiger partial charge < -0.3 is 9.47 Å². The first kappa shape index (κ1) is 12.8. The molecule has 0 heterocycles. The third-order valence-electron chi connectivity index (χ3n) is 2.13. The molecule has 0 radical (unpaired) electrons. The summed E-state index contributed by atoms with van der Waals surface area (Å²) >= 11 is 5.81. The van der Waals surface area contributed by atoms with Gasteiger partial charge in [-0.2, -0.15) is 0 Å². The number of ether oxygens (including phenoxy) is 2. The van der Waals surface area contributed by atoms with E-state index in [1.807, 2.05) is 0 Å². The summed E-state index contributed by atoms with van der Waals surface area (Å²) in [4.78, 5) is 11.4. The first-order valence-corrected chi connectivity index (χ1v) is 5.30. The van der Waals surface area contributed by atoms with Crippen molar-refractivity contribution in [3.8, 4) is 5.75 Å². The van der Waals surface area contributed by atoms with Crippen molar-refractivity contribution in [2.24, 2.45) is 5.41 Å². The monoisotopic (exact) mass is 242 g/mol. The molecule has 0 bridgehead atoms. The lowest BCUT2D eigenvalue weighted by Gasteiger charge is -2.21. The maximum absolute atomic E-state index is 11.4. The number of methoxy groups -OCH3 is 1. The number of benzene rings is 1. The molecule has 0 saturated carbocycles. The van der Waals surface area contributed by atoms with Crippen molar-refractivity contribution in [1.29, 1.82) is 0 Å². The number of carbonyl (C=O) groups is 1. The van der Waals surface area contributed by atoms with Gasteiger partial charge in [-0.25, -0.2) is 0 Å². The largest absolute Gasteiger partial charge is 0.492 e. The zero-order valence-electron chi connectivity index (χ0n) is 9.62. The molecule has 0 spiro atoms. The Morgan fingerprint density at radius 3 is 2.69 bits per heavy atom. The van der Waals surface area contributed by atoms with Crippen LogP contribution in [0, 0.1) is 5.41 Å². The standard InChI is InChI=1S/C12H15ClO3/c1-12(2,11(14)15-3)8-16-10-6-4-5-9(13)7-10/h4-7H,8H2,1-3H3. The van der Waals surface area contributed by atoms with Crippen LogP contribution in [-0.4, -0.2) is 19.7 Å². The Hall–Kier alpha value is -1.22. The molecule has 1 aromatic carbocycles. The van der Waals surface area contributed by atoms with Crippen molar-refractivity contribution < 1.29 is 14.3 Å². The minimum atomic E-state index is -0.670. The van der Waals surface area contributed by atoms with E-state index in [0.717, 1.165) is 0 Å². The van der Waals surface area contributed by atoms with E-state index in [2.05, 4.69) is 4.74 Å². The second-order valence-corrected chi connectivity index (χ2v) is 4.56. The van der Waals surface area contributed by atoms with Crippen molar-refractivity contribution in [2.75, 3.05) is 13.7 Å². The average Bonchev–Trinajstić information content (AvgIpc) is 2.25. The van der Waals surface area contributed by atoms with E-state index in [0.29, 0.717) is 10.8 Å². The second-order valence-electron chi connectivity index (χ2n) is 4.12.